The van der Waals surface area contributed by atoms with Gasteiger partial charge in [0.2, 0.25) is 0 Å². The lowest BCUT2D eigenvalue weighted by Gasteiger charge is -2.06. The summed E-state index contributed by atoms with van der Waals surface area (Å²) in [6, 6.07) is 10.1. The quantitative estimate of drug-likeness (QED) is 0.526. The third-order valence-electron chi connectivity index (χ3n) is 4.22. The summed E-state index contributed by atoms with van der Waals surface area (Å²) >= 11 is 1.45. The molecule has 1 aromatic carbocycles. The lowest BCUT2D eigenvalue weighted by Crippen LogP contribution is -1.91. The predicted molar refractivity (Wildman–Crippen MR) is 97.4 cm³/mol. The van der Waals surface area contributed by atoms with E-state index in [2.05, 4.69) is 9.97 Å². The van der Waals surface area contributed by atoms with Crippen molar-refractivity contribution in [3.63, 3.8) is 0 Å². The second-order valence-corrected chi connectivity index (χ2v) is 6.68. The number of hydrogen-bond acceptors (Lipinski definition) is 5. The first kappa shape index (κ1) is 14.4. The predicted octanol–water partition coefficient (Wildman–Crippen LogP) is 4.36. The second kappa shape index (κ2) is 5.54. The highest BCUT2D eigenvalue weighted by Crippen LogP contribution is 2.35. The number of hydrogen-bond donors (Lipinski definition) is 1. The molecular formula is C19H13N3O2S. The Balaban J connectivity index is 1.78. The number of furan rings is 1. The van der Waals surface area contributed by atoms with E-state index in [-0.39, 0.29) is 6.61 Å². The number of benzene rings is 1. The first-order valence-electron chi connectivity index (χ1n) is 7.82. The van der Waals surface area contributed by atoms with Crippen molar-refractivity contribution in [2.45, 2.75) is 6.61 Å². The Morgan fingerprint density at radius 1 is 1.24 bits per heavy atom. The number of nitrogens with zero attached hydrogens (tertiary/aromatic N) is 3. The van der Waals surface area contributed by atoms with Gasteiger partial charge in [0.15, 0.2) is 0 Å². The van der Waals surface area contributed by atoms with Crippen LogP contribution in [0.4, 0.5) is 0 Å². The lowest BCUT2D eigenvalue weighted by molar-refractivity contribution is 0.281. The van der Waals surface area contributed by atoms with Crippen LogP contribution in [0.5, 0.6) is 0 Å². The van der Waals surface area contributed by atoms with Gasteiger partial charge in [-0.25, -0.2) is 9.97 Å². The van der Waals surface area contributed by atoms with Crippen LogP contribution >= 0.6 is 11.3 Å². The maximum atomic E-state index is 9.28. The highest BCUT2D eigenvalue weighted by molar-refractivity contribution is 7.09. The molecule has 0 aliphatic rings. The SMILES string of the molecule is OCc1nc(-c2cc(-c3occ4ccccc34)c3nccn3c2)cs1. The van der Waals surface area contributed by atoms with E-state index >= 15 is 0 Å². The summed E-state index contributed by atoms with van der Waals surface area (Å²) in [6.45, 7) is -0.0480. The number of fused-ring (bicyclic) bond motifs is 2. The molecule has 0 saturated heterocycles. The molecule has 25 heavy (non-hydrogen) atoms. The van der Waals surface area contributed by atoms with Crippen LogP contribution in [0.3, 0.4) is 0 Å². The van der Waals surface area contributed by atoms with E-state index < -0.39 is 0 Å². The molecule has 1 N–H and O–H groups in total. The standard InChI is InChI=1S/C19H13N3O2S/c23-9-17-21-16(11-25-17)13-7-15(19-20-5-6-22(19)8-13)18-14-4-2-1-3-12(14)10-24-18/h1-8,10-11,23H,9H2. The van der Waals surface area contributed by atoms with Gasteiger partial charge in [-0.05, 0) is 6.07 Å². The molecule has 6 heteroatoms. The van der Waals surface area contributed by atoms with Gasteiger partial charge in [-0.1, -0.05) is 24.3 Å². The molecule has 0 aliphatic heterocycles. The highest BCUT2D eigenvalue weighted by Gasteiger charge is 2.16. The molecule has 0 spiro atoms. The van der Waals surface area contributed by atoms with E-state index in [0.29, 0.717) is 5.01 Å². The zero-order valence-electron chi connectivity index (χ0n) is 13.1. The van der Waals surface area contributed by atoms with Crippen LogP contribution in [-0.4, -0.2) is 19.5 Å². The first-order valence-corrected chi connectivity index (χ1v) is 8.70. The Bertz CT molecular complexity index is 1200. The molecule has 0 radical (unpaired) electrons. The summed E-state index contributed by atoms with van der Waals surface area (Å²) in [6.07, 6.45) is 7.44. The molecule has 5 aromatic rings. The lowest BCUT2D eigenvalue weighted by atomic mass is 10.1. The summed E-state index contributed by atoms with van der Waals surface area (Å²) < 4.78 is 7.86. The molecule has 5 nitrogen and oxygen atoms in total. The Morgan fingerprint density at radius 2 is 2.16 bits per heavy atom. The number of aromatic nitrogens is 3. The Labute approximate surface area is 146 Å². The van der Waals surface area contributed by atoms with Crippen LogP contribution in [-0.2, 0) is 6.61 Å². The van der Waals surface area contributed by atoms with Crippen molar-refractivity contribution in [3.8, 4) is 22.6 Å². The Kier molecular flexibility index (Phi) is 3.19. The molecule has 122 valence electrons. The summed E-state index contributed by atoms with van der Waals surface area (Å²) in [5, 5.41) is 14.0. The summed E-state index contributed by atoms with van der Waals surface area (Å²) in [5.41, 5.74) is 3.54. The number of rotatable bonds is 3. The van der Waals surface area contributed by atoms with Crippen molar-refractivity contribution in [1.29, 1.82) is 0 Å². The molecule has 4 aromatic heterocycles. The summed E-state index contributed by atoms with van der Waals surface area (Å²) in [7, 11) is 0. The van der Waals surface area contributed by atoms with Crippen molar-refractivity contribution in [1.82, 2.24) is 14.4 Å². The molecule has 4 heterocycles. The van der Waals surface area contributed by atoms with Gasteiger partial charge in [0.05, 0.1) is 24.1 Å². The van der Waals surface area contributed by atoms with Crippen molar-refractivity contribution in [2.24, 2.45) is 0 Å². The van der Waals surface area contributed by atoms with E-state index in [9.17, 15) is 5.11 Å². The van der Waals surface area contributed by atoms with Crippen LogP contribution in [0.1, 0.15) is 5.01 Å². The molecule has 0 saturated carbocycles. The van der Waals surface area contributed by atoms with Gasteiger partial charge >= 0.3 is 0 Å². The minimum atomic E-state index is -0.0480. The molecule has 0 unspecified atom stereocenters. The van der Waals surface area contributed by atoms with Crippen molar-refractivity contribution in [3.05, 3.63) is 65.6 Å². The third kappa shape index (κ3) is 2.26. The van der Waals surface area contributed by atoms with Crippen LogP contribution in [0, 0.1) is 0 Å². The van der Waals surface area contributed by atoms with Crippen LogP contribution in [0.15, 0.2) is 65.0 Å². The van der Waals surface area contributed by atoms with Gasteiger partial charge in [-0.15, -0.1) is 11.3 Å². The van der Waals surface area contributed by atoms with Gasteiger partial charge in [0.1, 0.15) is 16.4 Å². The highest BCUT2D eigenvalue weighted by atomic mass is 32.1. The van der Waals surface area contributed by atoms with E-state index in [1.807, 2.05) is 52.5 Å². The largest absolute Gasteiger partial charge is 0.463 e. The number of thiazole rings is 1. The van der Waals surface area contributed by atoms with Gasteiger partial charge < -0.3 is 13.9 Å². The van der Waals surface area contributed by atoms with Crippen LogP contribution in [0.2, 0.25) is 0 Å². The third-order valence-corrected chi connectivity index (χ3v) is 5.06. The monoisotopic (exact) mass is 347 g/mol. The molecule has 0 aliphatic carbocycles. The van der Waals surface area contributed by atoms with Crippen molar-refractivity contribution in [2.75, 3.05) is 0 Å². The molecule has 5 rings (SSSR count). The smallest absolute Gasteiger partial charge is 0.147 e. The summed E-state index contributed by atoms with van der Waals surface area (Å²) in [4.78, 5) is 8.96. The number of imidazole rings is 1. The average Bonchev–Trinajstić information content (AvgIpc) is 3.38. The zero-order valence-corrected chi connectivity index (χ0v) is 13.9. The van der Waals surface area contributed by atoms with Gasteiger partial charge in [0.25, 0.3) is 0 Å². The van der Waals surface area contributed by atoms with Crippen molar-refractivity contribution >= 4 is 27.8 Å². The molecular weight excluding hydrogens is 334 g/mol. The van der Waals surface area contributed by atoms with E-state index in [4.69, 9.17) is 4.42 Å². The average molecular weight is 347 g/mol. The first-order chi connectivity index (χ1) is 12.3. The summed E-state index contributed by atoms with van der Waals surface area (Å²) in [5.74, 6) is 0.797. The second-order valence-electron chi connectivity index (χ2n) is 5.74. The molecule has 0 amide bonds. The number of aliphatic hydroxyl groups is 1. The fourth-order valence-corrected chi connectivity index (χ4v) is 3.72. The van der Waals surface area contributed by atoms with Gasteiger partial charge in [-0.2, -0.15) is 0 Å². The fourth-order valence-electron chi connectivity index (χ4n) is 3.06. The zero-order chi connectivity index (χ0) is 16.8. The minimum absolute atomic E-state index is 0.0480. The topological polar surface area (TPSA) is 63.6 Å². The number of pyridine rings is 1. The Morgan fingerprint density at radius 3 is 3.04 bits per heavy atom. The fraction of sp³-hybridized carbons (Fsp3) is 0.0526. The van der Waals surface area contributed by atoms with E-state index in [0.717, 1.165) is 39.0 Å². The maximum absolute atomic E-state index is 9.28. The van der Waals surface area contributed by atoms with E-state index in [1.165, 1.54) is 11.3 Å². The van der Waals surface area contributed by atoms with Gasteiger partial charge in [0, 0.05) is 40.3 Å². The van der Waals surface area contributed by atoms with Crippen LogP contribution in [0.25, 0.3) is 39.0 Å². The van der Waals surface area contributed by atoms with Crippen LogP contribution < -0.4 is 0 Å². The number of aliphatic hydroxyl groups excluding tert-OH is 1. The maximum Gasteiger partial charge on any atom is 0.147 e. The van der Waals surface area contributed by atoms with E-state index in [1.54, 1.807) is 12.5 Å². The Hall–Kier alpha value is -2.96. The normalized spacial score (nSPS) is 11.6. The van der Waals surface area contributed by atoms with Crippen molar-refractivity contribution < 1.29 is 9.52 Å². The molecule has 0 bridgehead atoms. The molecule has 0 atom stereocenters. The van der Waals surface area contributed by atoms with Gasteiger partial charge in [-0.3, -0.25) is 0 Å². The minimum Gasteiger partial charge on any atom is -0.463 e. The molecule has 0 fully saturated rings.